The molecule has 3 nitrogen and oxygen atoms in total. The van der Waals surface area contributed by atoms with Gasteiger partial charge in [0.2, 0.25) is 5.90 Å². The van der Waals surface area contributed by atoms with Gasteiger partial charge in [0.1, 0.15) is 0 Å². The number of nitrogens with zero attached hydrogens (tertiary/aromatic N) is 1. The van der Waals surface area contributed by atoms with E-state index in [1.807, 2.05) is 37.3 Å². The molecule has 1 heterocycles. The number of benzene rings is 1. The molecule has 1 fully saturated rings. The number of carbonyl (C=O) groups is 1. The van der Waals surface area contributed by atoms with Crippen LogP contribution < -0.4 is 0 Å². The Bertz CT molecular complexity index is 452. The second kappa shape index (κ2) is 2.69. The minimum absolute atomic E-state index is 0.186. The van der Waals surface area contributed by atoms with Gasteiger partial charge >= 0.3 is 5.97 Å². The molecule has 3 rings (SSSR count). The van der Waals surface area contributed by atoms with Crippen LogP contribution in [-0.4, -0.2) is 17.4 Å². The Balaban J connectivity index is 1.98. The number of hydrogen-bond acceptors (Lipinski definition) is 3. The Morgan fingerprint density at radius 1 is 1.40 bits per heavy atom. The molecule has 0 bridgehead atoms. The molecule has 0 amide bonds. The molecule has 1 aliphatic carbocycles. The molecule has 1 aromatic carbocycles. The zero-order valence-corrected chi connectivity index (χ0v) is 8.43. The molecular weight excluding hydrogens is 190 g/mol. The highest BCUT2D eigenvalue weighted by molar-refractivity contribution is 6.09. The minimum Gasteiger partial charge on any atom is -0.405 e. The normalized spacial score (nSPS) is 32.7. The van der Waals surface area contributed by atoms with Crippen LogP contribution in [0.1, 0.15) is 18.9 Å². The quantitative estimate of drug-likeness (QED) is 0.649. The van der Waals surface area contributed by atoms with Crippen LogP contribution in [0.5, 0.6) is 0 Å². The Morgan fingerprint density at radius 3 is 2.60 bits per heavy atom. The van der Waals surface area contributed by atoms with Crippen molar-refractivity contribution >= 4 is 11.9 Å². The highest BCUT2D eigenvalue weighted by atomic mass is 16.6. The second-order valence-corrected chi connectivity index (χ2v) is 4.20. The van der Waals surface area contributed by atoms with Gasteiger partial charge in [0.15, 0.2) is 5.54 Å². The summed E-state index contributed by atoms with van der Waals surface area (Å²) in [7, 11) is 0. The van der Waals surface area contributed by atoms with Gasteiger partial charge < -0.3 is 4.74 Å². The van der Waals surface area contributed by atoms with Crippen LogP contribution in [0, 0.1) is 5.92 Å². The summed E-state index contributed by atoms with van der Waals surface area (Å²) in [4.78, 5) is 16.0. The molecule has 76 valence electrons. The molecule has 3 heteroatoms. The van der Waals surface area contributed by atoms with Gasteiger partial charge in [-0.25, -0.2) is 9.79 Å². The second-order valence-electron chi connectivity index (χ2n) is 4.20. The summed E-state index contributed by atoms with van der Waals surface area (Å²) in [5.41, 5.74) is 0.340. The van der Waals surface area contributed by atoms with Crippen molar-refractivity contribution < 1.29 is 9.53 Å². The summed E-state index contributed by atoms with van der Waals surface area (Å²) in [6, 6.07) is 9.55. The third-order valence-corrected chi connectivity index (χ3v) is 3.14. The zero-order chi connectivity index (χ0) is 10.5. The van der Waals surface area contributed by atoms with Gasteiger partial charge in [0, 0.05) is 5.56 Å². The third-order valence-electron chi connectivity index (χ3n) is 3.14. The SMILES string of the molecule is C[C@@H]1C[C@]12N=C(c1ccccc1)OC2=O. The standard InChI is InChI=1S/C12H11NO2/c1-8-7-12(8)11(14)15-10(13-12)9-5-3-2-4-6-9/h2-6,8H,7H2,1H3/t8-,12+/m1/s1. The first kappa shape index (κ1) is 8.65. The van der Waals surface area contributed by atoms with E-state index in [9.17, 15) is 4.79 Å². The maximum Gasteiger partial charge on any atom is 0.341 e. The third kappa shape index (κ3) is 1.12. The number of esters is 1. The monoisotopic (exact) mass is 201 g/mol. The van der Waals surface area contributed by atoms with Crippen molar-refractivity contribution in [1.82, 2.24) is 0 Å². The van der Waals surface area contributed by atoms with E-state index in [1.54, 1.807) is 0 Å². The van der Waals surface area contributed by atoms with Crippen molar-refractivity contribution in [2.24, 2.45) is 10.9 Å². The molecule has 0 saturated heterocycles. The van der Waals surface area contributed by atoms with Crippen LogP contribution >= 0.6 is 0 Å². The van der Waals surface area contributed by atoms with E-state index in [1.165, 1.54) is 0 Å². The van der Waals surface area contributed by atoms with Crippen molar-refractivity contribution in [3.05, 3.63) is 35.9 Å². The molecule has 1 saturated carbocycles. The Labute approximate surface area is 87.8 Å². The van der Waals surface area contributed by atoms with Crippen molar-refractivity contribution in [3.8, 4) is 0 Å². The Hall–Kier alpha value is -1.64. The number of aliphatic imine (C=N–C) groups is 1. The molecule has 15 heavy (non-hydrogen) atoms. The van der Waals surface area contributed by atoms with E-state index < -0.39 is 5.54 Å². The first-order valence-electron chi connectivity index (χ1n) is 5.10. The molecule has 0 aromatic heterocycles. The first-order valence-corrected chi connectivity index (χ1v) is 5.10. The Kier molecular flexibility index (Phi) is 1.55. The van der Waals surface area contributed by atoms with Gasteiger partial charge in [-0.3, -0.25) is 0 Å². The smallest absolute Gasteiger partial charge is 0.341 e. The van der Waals surface area contributed by atoms with Gasteiger partial charge in [-0.2, -0.15) is 0 Å². The number of rotatable bonds is 1. The lowest BCUT2D eigenvalue weighted by Gasteiger charge is -1.98. The molecule has 2 aliphatic rings. The van der Waals surface area contributed by atoms with E-state index >= 15 is 0 Å². The lowest BCUT2D eigenvalue weighted by Crippen LogP contribution is -2.18. The van der Waals surface area contributed by atoms with Gasteiger partial charge in [0.05, 0.1) is 0 Å². The van der Waals surface area contributed by atoms with Crippen molar-refractivity contribution in [3.63, 3.8) is 0 Å². The highest BCUT2D eigenvalue weighted by Gasteiger charge is 2.62. The van der Waals surface area contributed by atoms with E-state index in [2.05, 4.69) is 4.99 Å². The van der Waals surface area contributed by atoms with E-state index in [0.29, 0.717) is 11.8 Å². The number of carbonyl (C=O) groups excluding carboxylic acids is 1. The average Bonchev–Trinajstić information content (AvgIpc) is 2.78. The highest BCUT2D eigenvalue weighted by Crippen LogP contribution is 2.50. The number of ether oxygens (including phenoxy) is 1. The van der Waals surface area contributed by atoms with Gasteiger partial charge in [-0.05, 0) is 24.5 Å². The van der Waals surface area contributed by atoms with Crippen LogP contribution in [0.3, 0.4) is 0 Å². The van der Waals surface area contributed by atoms with E-state index in [-0.39, 0.29) is 5.97 Å². The summed E-state index contributed by atoms with van der Waals surface area (Å²) in [6.45, 7) is 2.03. The fraction of sp³-hybridized carbons (Fsp3) is 0.333. The zero-order valence-electron chi connectivity index (χ0n) is 8.43. The predicted molar refractivity (Wildman–Crippen MR) is 55.6 cm³/mol. The molecule has 2 atom stereocenters. The molecular formula is C12H11NO2. The number of hydrogen-bond donors (Lipinski definition) is 0. The van der Waals surface area contributed by atoms with Crippen molar-refractivity contribution in [1.29, 1.82) is 0 Å². The number of cyclic esters (lactones) is 1. The molecule has 0 radical (unpaired) electrons. The minimum atomic E-state index is -0.537. The predicted octanol–water partition coefficient (Wildman–Crippen LogP) is 1.77. The maximum atomic E-state index is 11.6. The largest absolute Gasteiger partial charge is 0.405 e. The van der Waals surface area contributed by atoms with Gasteiger partial charge in [-0.1, -0.05) is 25.1 Å². The lowest BCUT2D eigenvalue weighted by atomic mass is 10.2. The van der Waals surface area contributed by atoms with Crippen LogP contribution in [0.2, 0.25) is 0 Å². The van der Waals surface area contributed by atoms with Crippen LogP contribution in [0.4, 0.5) is 0 Å². The summed E-state index contributed by atoms with van der Waals surface area (Å²) >= 11 is 0. The topological polar surface area (TPSA) is 38.7 Å². The first-order chi connectivity index (χ1) is 7.22. The molecule has 1 aromatic rings. The van der Waals surface area contributed by atoms with Crippen molar-refractivity contribution in [2.75, 3.05) is 0 Å². The molecule has 1 spiro atoms. The summed E-state index contributed by atoms with van der Waals surface area (Å²) in [5, 5.41) is 0. The molecule has 0 N–H and O–H groups in total. The van der Waals surface area contributed by atoms with E-state index in [4.69, 9.17) is 4.74 Å². The maximum absolute atomic E-state index is 11.6. The van der Waals surface area contributed by atoms with E-state index in [0.717, 1.165) is 12.0 Å². The summed E-state index contributed by atoms with van der Waals surface area (Å²) < 4.78 is 5.21. The van der Waals surface area contributed by atoms with Crippen molar-refractivity contribution in [2.45, 2.75) is 18.9 Å². The summed E-state index contributed by atoms with van der Waals surface area (Å²) in [6.07, 6.45) is 0.822. The van der Waals surface area contributed by atoms with Crippen LogP contribution in [0.25, 0.3) is 0 Å². The Morgan fingerprint density at radius 2 is 2.07 bits per heavy atom. The molecule has 0 unspecified atom stereocenters. The fourth-order valence-corrected chi connectivity index (χ4v) is 1.98. The summed E-state index contributed by atoms with van der Waals surface area (Å²) in [5.74, 6) is 0.616. The molecule has 1 aliphatic heterocycles. The lowest BCUT2D eigenvalue weighted by molar-refractivity contribution is -0.136. The van der Waals surface area contributed by atoms with Gasteiger partial charge in [-0.15, -0.1) is 0 Å². The van der Waals surface area contributed by atoms with Gasteiger partial charge in [0.25, 0.3) is 0 Å². The fourth-order valence-electron chi connectivity index (χ4n) is 1.98. The average molecular weight is 201 g/mol. The van der Waals surface area contributed by atoms with Crippen LogP contribution in [0.15, 0.2) is 35.3 Å². The van der Waals surface area contributed by atoms with Crippen LogP contribution in [-0.2, 0) is 9.53 Å².